The Hall–Kier alpha value is -3.55. The van der Waals surface area contributed by atoms with E-state index in [4.69, 9.17) is 30.6 Å². The minimum atomic E-state index is -0.979. The van der Waals surface area contributed by atoms with Crippen molar-refractivity contribution in [3.8, 4) is 11.5 Å². The first kappa shape index (κ1) is 22.6. The van der Waals surface area contributed by atoms with Crippen LogP contribution in [0.2, 0.25) is 5.02 Å². The Morgan fingerprint density at radius 1 is 1.06 bits per heavy atom. The van der Waals surface area contributed by atoms with Gasteiger partial charge in [0.25, 0.3) is 0 Å². The summed E-state index contributed by atoms with van der Waals surface area (Å²) < 4.78 is 17.7. The molecule has 33 heavy (non-hydrogen) atoms. The zero-order chi connectivity index (χ0) is 23.0. The van der Waals surface area contributed by atoms with Crippen LogP contribution in [0.1, 0.15) is 28.8 Å². The van der Waals surface area contributed by atoms with Gasteiger partial charge in [-0.3, -0.25) is 0 Å². The van der Waals surface area contributed by atoms with Crippen LogP contribution in [0.25, 0.3) is 11.1 Å². The topological polar surface area (TPSA) is 93.8 Å². The van der Waals surface area contributed by atoms with Gasteiger partial charge in [0.05, 0.1) is 12.2 Å². The van der Waals surface area contributed by atoms with E-state index in [1.165, 1.54) is 12.1 Å². The minimum absolute atomic E-state index is 0.200. The monoisotopic (exact) mass is 466 g/mol. The molecule has 0 fully saturated rings. The van der Waals surface area contributed by atoms with Crippen molar-refractivity contribution in [3.63, 3.8) is 0 Å². The van der Waals surface area contributed by atoms with E-state index in [0.717, 1.165) is 11.9 Å². The van der Waals surface area contributed by atoms with Crippen molar-refractivity contribution in [2.45, 2.75) is 12.5 Å². The summed E-state index contributed by atoms with van der Waals surface area (Å²) in [6, 6.07) is 21.2. The lowest BCUT2D eigenvalue weighted by molar-refractivity contribution is 0.0696. The second-order valence-electron chi connectivity index (χ2n) is 7.32. The standard InChI is InChI=1S/C25H23ClN2O5/c26-18-9-11-19(12-10-18)32-23(24-28-21-7-1-2-8-22(21)33-24)16-27-13-4-14-31-20-6-3-5-17(15-20)25(29)30/h1-3,5-12,15,23,27H,4,13-14,16H2,(H,29,30). The van der Waals surface area contributed by atoms with Crippen LogP contribution in [0.3, 0.4) is 0 Å². The van der Waals surface area contributed by atoms with E-state index in [2.05, 4.69) is 10.3 Å². The molecule has 3 aromatic carbocycles. The fraction of sp³-hybridized carbons (Fsp3) is 0.200. The Morgan fingerprint density at radius 2 is 1.88 bits per heavy atom. The molecular weight excluding hydrogens is 444 g/mol. The molecule has 1 unspecified atom stereocenters. The zero-order valence-electron chi connectivity index (χ0n) is 17.7. The Morgan fingerprint density at radius 3 is 2.67 bits per heavy atom. The molecule has 0 saturated heterocycles. The number of rotatable bonds is 11. The van der Waals surface area contributed by atoms with Gasteiger partial charge in [-0.15, -0.1) is 0 Å². The lowest BCUT2D eigenvalue weighted by Gasteiger charge is -2.17. The maximum absolute atomic E-state index is 11.1. The lowest BCUT2D eigenvalue weighted by Crippen LogP contribution is -2.27. The van der Waals surface area contributed by atoms with Gasteiger partial charge < -0.3 is 24.3 Å². The molecule has 1 atom stereocenters. The maximum atomic E-state index is 11.1. The summed E-state index contributed by atoms with van der Waals surface area (Å²) in [5, 5.41) is 13.0. The molecule has 170 valence electrons. The molecule has 1 aromatic heterocycles. The van der Waals surface area contributed by atoms with E-state index in [1.54, 1.807) is 36.4 Å². The van der Waals surface area contributed by atoms with Gasteiger partial charge in [-0.05, 0) is 67.6 Å². The van der Waals surface area contributed by atoms with Crippen LogP contribution >= 0.6 is 11.6 Å². The summed E-state index contributed by atoms with van der Waals surface area (Å²) in [6.45, 7) is 1.59. The van der Waals surface area contributed by atoms with E-state index in [1.807, 2.05) is 24.3 Å². The highest BCUT2D eigenvalue weighted by Crippen LogP contribution is 2.25. The molecule has 1 heterocycles. The van der Waals surface area contributed by atoms with Crippen molar-refractivity contribution < 1.29 is 23.8 Å². The van der Waals surface area contributed by atoms with Crippen LogP contribution < -0.4 is 14.8 Å². The molecule has 0 radical (unpaired) electrons. The largest absolute Gasteiger partial charge is 0.494 e. The Bertz CT molecular complexity index is 1180. The number of ether oxygens (including phenoxy) is 2. The van der Waals surface area contributed by atoms with Gasteiger partial charge in [-0.25, -0.2) is 9.78 Å². The number of aromatic carboxylic acids is 1. The molecule has 0 bridgehead atoms. The quantitative estimate of drug-likeness (QED) is 0.287. The van der Waals surface area contributed by atoms with E-state index in [-0.39, 0.29) is 5.56 Å². The van der Waals surface area contributed by atoms with Crippen molar-refractivity contribution in [2.75, 3.05) is 19.7 Å². The van der Waals surface area contributed by atoms with Crippen LogP contribution in [-0.4, -0.2) is 35.8 Å². The lowest BCUT2D eigenvalue weighted by atomic mass is 10.2. The molecule has 8 heteroatoms. The van der Waals surface area contributed by atoms with Gasteiger partial charge in [0.15, 0.2) is 11.7 Å². The molecular formula is C25H23ClN2O5. The van der Waals surface area contributed by atoms with Gasteiger partial charge in [0, 0.05) is 11.6 Å². The molecule has 7 nitrogen and oxygen atoms in total. The van der Waals surface area contributed by atoms with Gasteiger partial charge in [0.2, 0.25) is 5.89 Å². The van der Waals surface area contributed by atoms with Crippen molar-refractivity contribution in [1.29, 1.82) is 0 Å². The maximum Gasteiger partial charge on any atom is 0.335 e. The smallest absolute Gasteiger partial charge is 0.335 e. The number of hydrogen-bond donors (Lipinski definition) is 2. The van der Waals surface area contributed by atoms with E-state index >= 15 is 0 Å². The highest BCUT2D eigenvalue weighted by molar-refractivity contribution is 6.30. The number of para-hydroxylation sites is 2. The molecule has 0 spiro atoms. The van der Waals surface area contributed by atoms with E-state index < -0.39 is 12.1 Å². The number of carboxylic acids is 1. The predicted molar refractivity (Wildman–Crippen MR) is 125 cm³/mol. The number of halogens is 1. The number of fused-ring (bicyclic) bond motifs is 1. The Kier molecular flexibility index (Phi) is 7.44. The first-order valence-electron chi connectivity index (χ1n) is 10.5. The van der Waals surface area contributed by atoms with Crippen molar-refractivity contribution in [2.24, 2.45) is 0 Å². The van der Waals surface area contributed by atoms with Crippen molar-refractivity contribution in [3.05, 3.63) is 89.3 Å². The molecule has 0 aliphatic rings. The summed E-state index contributed by atoms with van der Waals surface area (Å²) in [7, 11) is 0. The fourth-order valence-corrected chi connectivity index (χ4v) is 3.35. The Balaban J connectivity index is 1.33. The predicted octanol–water partition coefficient (Wildman–Crippen LogP) is 5.36. The molecule has 4 aromatic rings. The summed E-state index contributed by atoms with van der Waals surface area (Å²) in [6.07, 6.45) is 0.283. The third-order valence-corrected chi connectivity index (χ3v) is 5.11. The van der Waals surface area contributed by atoms with Crippen LogP contribution in [0, 0.1) is 0 Å². The normalized spacial score (nSPS) is 11.9. The van der Waals surface area contributed by atoms with Gasteiger partial charge in [-0.1, -0.05) is 29.8 Å². The van der Waals surface area contributed by atoms with Gasteiger partial charge in [0.1, 0.15) is 17.0 Å². The Labute approximate surface area is 195 Å². The molecule has 0 aliphatic heterocycles. The number of nitrogens with one attached hydrogen (secondary N) is 1. The number of carbonyl (C=O) groups is 1. The number of benzene rings is 3. The highest BCUT2D eigenvalue weighted by Gasteiger charge is 2.20. The highest BCUT2D eigenvalue weighted by atomic mass is 35.5. The van der Waals surface area contributed by atoms with Crippen LogP contribution in [0.15, 0.2) is 77.2 Å². The fourth-order valence-electron chi connectivity index (χ4n) is 3.22. The summed E-state index contributed by atoms with van der Waals surface area (Å²) >= 11 is 5.98. The summed E-state index contributed by atoms with van der Waals surface area (Å²) in [5.41, 5.74) is 1.68. The second kappa shape index (κ2) is 10.8. The molecule has 0 saturated carbocycles. The minimum Gasteiger partial charge on any atom is -0.494 e. The van der Waals surface area contributed by atoms with Crippen LogP contribution in [0.4, 0.5) is 0 Å². The van der Waals surface area contributed by atoms with Crippen LogP contribution in [0.5, 0.6) is 11.5 Å². The molecule has 4 rings (SSSR count). The number of hydrogen-bond acceptors (Lipinski definition) is 6. The second-order valence-corrected chi connectivity index (χ2v) is 7.76. The summed E-state index contributed by atoms with van der Waals surface area (Å²) in [5.74, 6) is 0.703. The first-order valence-corrected chi connectivity index (χ1v) is 10.9. The number of oxazole rings is 1. The van der Waals surface area contributed by atoms with Crippen LogP contribution in [-0.2, 0) is 0 Å². The van der Waals surface area contributed by atoms with Crippen molar-refractivity contribution >= 4 is 28.7 Å². The third-order valence-electron chi connectivity index (χ3n) is 4.86. The summed E-state index contributed by atoms with van der Waals surface area (Å²) in [4.78, 5) is 15.6. The number of aromatic nitrogens is 1. The molecule has 2 N–H and O–H groups in total. The van der Waals surface area contributed by atoms with Gasteiger partial charge >= 0.3 is 5.97 Å². The third kappa shape index (κ3) is 6.25. The average molecular weight is 467 g/mol. The first-order chi connectivity index (χ1) is 16.1. The molecule has 0 amide bonds. The van der Waals surface area contributed by atoms with E-state index in [9.17, 15) is 4.79 Å². The van der Waals surface area contributed by atoms with Gasteiger partial charge in [-0.2, -0.15) is 0 Å². The molecule has 0 aliphatic carbocycles. The SMILES string of the molecule is O=C(O)c1cccc(OCCCNCC(Oc2ccc(Cl)cc2)c2nc3ccccc3o2)c1. The zero-order valence-corrected chi connectivity index (χ0v) is 18.5. The van der Waals surface area contributed by atoms with E-state index in [0.29, 0.717) is 47.7 Å². The van der Waals surface area contributed by atoms with Crippen molar-refractivity contribution in [1.82, 2.24) is 10.3 Å². The average Bonchev–Trinajstić information content (AvgIpc) is 3.26. The number of nitrogens with zero attached hydrogens (tertiary/aromatic N) is 1. The number of carboxylic acid groups (broad SMARTS) is 1.